The number of ketones is 2. The molecule has 7 aromatic rings. The lowest BCUT2D eigenvalue weighted by atomic mass is 9.99. The summed E-state index contributed by atoms with van der Waals surface area (Å²) in [7, 11) is -0.803. The topological polar surface area (TPSA) is 208 Å². The third-order valence-corrected chi connectivity index (χ3v) is 14.3. The Morgan fingerprint density at radius 3 is 1.62 bits per heavy atom. The molecule has 66 heavy (non-hydrogen) atoms. The maximum Gasteiger partial charge on any atom is 0.325 e. The largest absolute Gasteiger partial charge is 0.496 e. The molecule has 0 saturated carbocycles. The maximum atomic E-state index is 13.5. The molecule has 4 amide bonds. The zero-order chi connectivity index (χ0) is 46.8. The van der Waals surface area contributed by atoms with Gasteiger partial charge < -0.3 is 20.1 Å². The molecule has 4 aromatic carbocycles. The lowest BCUT2D eigenvalue weighted by Crippen LogP contribution is -2.21. The average Bonchev–Trinajstić information content (AvgIpc) is 3.97. The fraction of sp³-hybridized carbons (Fsp3) is 0.170. The Hall–Kier alpha value is -6.93. The van der Waals surface area contributed by atoms with Gasteiger partial charge in [-0.2, -0.15) is 0 Å². The molecule has 0 aliphatic rings. The summed E-state index contributed by atoms with van der Waals surface area (Å²) in [6, 6.07) is 27.7. The van der Waals surface area contributed by atoms with E-state index >= 15 is 0 Å². The SMILES string of the molecule is COc1ccccc1C(=O)c1cc(C)ccc1NC(=O)Nc1ncc(CCSc2cccc(S(=O)(=O)CCc3cnc(NC(=O)Nc4ccc(C)cc4C(=O)c4ccccc4OC)s3)n2)s1. The number of thioether (sulfide) groups is 1. The van der Waals surface area contributed by atoms with Crippen molar-refractivity contribution in [3.05, 3.63) is 159 Å². The first kappa shape index (κ1) is 47.0. The van der Waals surface area contributed by atoms with Gasteiger partial charge in [0.05, 0.1) is 47.5 Å². The summed E-state index contributed by atoms with van der Waals surface area (Å²) in [5, 5.41) is 12.0. The number of carbonyl (C=O) groups excluding carboxylic acids is 4. The van der Waals surface area contributed by atoms with Crippen molar-refractivity contribution in [1.29, 1.82) is 0 Å². The lowest BCUT2D eigenvalue weighted by molar-refractivity contribution is 0.102. The summed E-state index contributed by atoms with van der Waals surface area (Å²) in [6.45, 7) is 3.71. The van der Waals surface area contributed by atoms with Crippen molar-refractivity contribution >= 4 is 89.5 Å². The number of anilines is 4. The number of carbonyl (C=O) groups is 4. The van der Waals surface area contributed by atoms with Crippen LogP contribution in [-0.2, 0) is 22.7 Å². The van der Waals surface area contributed by atoms with Gasteiger partial charge in [0.25, 0.3) is 0 Å². The zero-order valence-corrected chi connectivity index (χ0v) is 39.3. The van der Waals surface area contributed by atoms with Crippen LogP contribution in [0.2, 0.25) is 0 Å². The van der Waals surface area contributed by atoms with Crippen LogP contribution in [-0.4, -0.2) is 72.7 Å². The van der Waals surface area contributed by atoms with Crippen LogP contribution < -0.4 is 30.7 Å². The van der Waals surface area contributed by atoms with Gasteiger partial charge in [0.1, 0.15) is 11.5 Å². The number of aromatic nitrogens is 3. The molecule has 0 bridgehead atoms. The zero-order valence-electron chi connectivity index (χ0n) is 36.0. The van der Waals surface area contributed by atoms with Gasteiger partial charge in [-0.05, 0) is 87.4 Å². The summed E-state index contributed by atoms with van der Waals surface area (Å²) in [6.07, 6.45) is 3.90. The van der Waals surface area contributed by atoms with Crippen LogP contribution in [0.5, 0.6) is 11.5 Å². The number of sulfone groups is 1. The standard InChI is InChI=1S/C47H43N7O8S4/c1-28-16-18-36(34(24-28)42(55)32-10-5-7-12-38(32)61-3)50-44(57)53-46-48-26-30(64-46)20-22-63-40-14-9-15-41(52-40)66(59,60)23-21-31-27-49-47(65-31)54-45(58)51-37-19-17-29(2)25-35(37)43(56)33-11-6-8-13-39(33)62-4/h5-19,24-27H,20-23H2,1-4H3,(H2,48,50,53,57)(H2,49,51,54,58). The Labute approximate surface area is 393 Å². The van der Waals surface area contributed by atoms with Gasteiger partial charge in [0, 0.05) is 39.0 Å². The molecule has 0 radical (unpaired) electrons. The van der Waals surface area contributed by atoms with Gasteiger partial charge in [-0.3, -0.25) is 20.2 Å². The van der Waals surface area contributed by atoms with E-state index in [9.17, 15) is 27.6 Å². The van der Waals surface area contributed by atoms with Crippen LogP contribution in [0.3, 0.4) is 0 Å². The number of nitrogens with zero attached hydrogens (tertiary/aromatic N) is 3. The van der Waals surface area contributed by atoms with E-state index in [1.807, 2.05) is 13.8 Å². The molecule has 0 aliphatic carbocycles. The number of urea groups is 2. The van der Waals surface area contributed by atoms with Crippen LogP contribution in [0.4, 0.5) is 31.2 Å². The molecular formula is C47H43N7O8S4. The molecule has 3 aromatic heterocycles. The highest BCUT2D eigenvalue weighted by Gasteiger charge is 2.22. The van der Waals surface area contributed by atoms with E-state index in [-0.39, 0.29) is 39.5 Å². The van der Waals surface area contributed by atoms with Crippen LogP contribution in [0.25, 0.3) is 0 Å². The van der Waals surface area contributed by atoms with Gasteiger partial charge in [0.2, 0.25) is 0 Å². The highest BCUT2D eigenvalue weighted by molar-refractivity contribution is 7.99. The second-order valence-electron chi connectivity index (χ2n) is 14.6. The Morgan fingerprint density at radius 2 is 1.11 bits per heavy atom. The number of rotatable bonds is 18. The molecule has 19 heteroatoms. The van der Waals surface area contributed by atoms with Crippen molar-refractivity contribution in [3.8, 4) is 11.5 Å². The number of nitrogens with one attached hydrogen (secondary N) is 4. The molecule has 0 aliphatic heterocycles. The first-order valence-electron chi connectivity index (χ1n) is 20.2. The van der Waals surface area contributed by atoms with E-state index in [0.717, 1.165) is 27.3 Å². The van der Waals surface area contributed by atoms with Crippen molar-refractivity contribution in [3.63, 3.8) is 0 Å². The number of hydrogen-bond donors (Lipinski definition) is 4. The Bertz CT molecular complexity index is 3040. The van der Waals surface area contributed by atoms with Crippen LogP contribution in [0.15, 0.2) is 126 Å². The summed E-state index contributed by atoms with van der Waals surface area (Å²) < 4.78 is 37.5. The molecular weight excluding hydrogens is 919 g/mol. The van der Waals surface area contributed by atoms with Crippen molar-refractivity contribution in [1.82, 2.24) is 15.0 Å². The fourth-order valence-electron chi connectivity index (χ4n) is 6.57. The maximum absolute atomic E-state index is 13.5. The lowest BCUT2D eigenvalue weighted by Gasteiger charge is -2.13. The number of aryl methyl sites for hydroxylation is 4. The van der Waals surface area contributed by atoms with Crippen molar-refractivity contribution in [2.45, 2.75) is 36.7 Å². The number of hydrogen-bond acceptors (Lipinski definition) is 14. The molecule has 0 fully saturated rings. The normalized spacial score (nSPS) is 11.1. The van der Waals surface area contributed by atoms with E-state index in [4.69, 9.17) is 9.47 Å². The van der Waals surface area contributed by atoms with E-state index in [1.54, 1.807) is 103 Å². The van der Waals surface area contributed by atoms with Crippen molar-refractivity contribution in [2.75, 3.05) is 47.0 Å². The van der Waals surface area contributed by atoms with Crippen LogP contribution >= 0.6 is 34.4 Å². The third kappa shape index (κ3) is 11.8. The molecule has 3 heterocycles. The number of benzene rings is 4. The fourth-order valence-corrected chi connectivity index (χ4v) is 10.6. The minimum atomic E-state index is -3.78. The molecule has 15 nitrogen and oxygen atoms in total. The molecule has 0 saturated heterocycles. The molecule has 338 valence electrons. The minimum absolute atomic E-state index is 0.0528. The monoisotopic (exact) mass is 961 g/mol. The highest BCUT2D eigenvalue weighted by atomic mass is 32.2. The number of amides is 4. The van der Waals surface area contributed by atoms with Gasteiger partial charge >= 0.3 is 12.1 Å². The predicted octanol–water partition coefficient (Wildman–Crippen LogP) is 9.73. The van der Waals surface area contributed by atoms with E-state index in [1.165, 1.54) is 49.6 Å². The number of para-hydroxylation sites is 2. The molecule has 0 spiro atoms. The van der Waals surface area contributed by atoms with Gasteiger partial charge in [-0.25, -0.2) is 33.0 Å². The summed E-state index contributed by atoms with van der Waals surface area (Å²) in [5.74, 6) is 0.565. The molecule has 7 rings (SSSR count). The molecule has 0 unspecified atom stereocenters. The molecule has 0 atom stereocenters. The van der Waals surface area contributed by atoms with Gasteiger partial charge in [-0.15, -0.1) is 34.4 Å². The summed E-state index contributed by atoms with van der Waals surface area (Å²) >= 11 is 3.83. The highest BCUT2D eigenvalue weighted by Crippen LogP contribution is 2.30. The molecule has 4 N–H and O–H groups in total. The van der Waals surface area contributed by atoms with Crippen molar-refractivity contribution in [2.24, 2.45) is 0 Å². The quantitative estimate of drug-likeness (QED) is 0.0468. The van der Waals surface area contributed by atoms with E-state index in [2.05, 4.69) is 36.2 Å². The van der Waals surface area contributed by atoms with Crippen LogP contribution in [0, 0.1) is 13.8 Å². The second kappa shape index (κ2) is 21.4. The van der Waals surface area contributed by atoms with Gasteiger partial charge in [-0.1, -0.05) is 53.6 Å². The third-order valence-electron chi connectivity index (χ3n) is 9.82. The number of methoxy groups -OCH3 is 2. The minimum Gasteiger partial charge on any atom is -0.496 e. The van der Waals surface area contributed by atoms with Gasteiger partial charge in [0.15, 0.2) is 36.7 Å². The first-order chi connectivity index (χ1) is 31.8. The van der Waals surface area contributed by atoms with Crippen LogP contribution in [0.1, 0.15) is 52.7 Å². The number of thiazole rings is 2. The smallest absolute Gasteiger partial charge is 0.325 e. The second-order valence-corrected chi connectivity index (χ2v) is 20.0. The summed E-state index contributed by atoms with van der Waals surface area (Å²) in [4.78, 5) is 67.6. The average molecular weight is 962 g/mol. The van der Waals surface area contributed by atoms with Crippen molar-refractivity contribution < 1.29 is 37.1 Å². The predicted molar refractivity (Wildman–Crippen MR) is 259 cm³/mol. The van der Waals surface area contributed by atoms with E-state index in [0.29, 0.717) is 66.8 Å². The first-order valence-corrected chi connectivity index (χ1v) is 24.5. The van der Waals surface area contributed by atoms with E-state index < -0.39 is 21.9 Å². The number of ether oxygens (including phenoxy) is 2. The Balaban J connectivity index is 0.885. The Morgan fingerprint density at radius 1 is 0.606 bits per heavy atom. The summed E-state index contributed by atoms with van der Waals surface area (Å²) in [5.41, 5.74) is 3.65. The Kier molecular flexibility index (Phi) is 15.2. The number of pyridine rings is 1.